The third-order valence-electron chi connectivity index (χ3n) is 4.80. The minimum atomic E-state index is 0.00264. The molecule has 1 N–H and O–H groups in total. The summed E-state index contributed by atoms with van der Waals surface area (Å²) in [6.45, 7) is 5.42. The van der Waals surface area contributed by atoms with Gasteiger partial charge in [0, 0.05) is 36.5 Å². The van der Waals surface area contributed by atoms with Crippen molar-refractivity contribution in [3.63, 3.8) is 0 Å². The van der Waals surface area contributed by atoms with Crippen LogP contribution in [0, 0.1) is 11.3 Å². The normalized spacial score (nSPS) is 14.7. The van der Waals surface area contributed by atoms with Gasteiger partial charge < -0.3 is 10.2 Å². The first-order chi connectivity index (χ1) is 12.6. The number of nitrogens with one attached hydrogen (secondary N) is 1. The SMILES string of the molecule is CCc1cc(N2CCC(Nc3cc(C(C)=O)ccc3C#N)CC2)ncn1. The van der Waals surface area contributed by atoms with Gasteiger partial charge in [0.05, 0.1) is 11.3 Å². The number of nitriles is 1. The number of aryl methyl sites for hydroxylation is 1. The van der Waals surface area contributed by atoms with Crippen molar-refractivity contribution in [3.05, 3.63) is 47.4 Å². The lowest BCUT2D eigenvalue weighted by Gasteiger charge is -2.33. The van der Waals surface area contributed by atoms with Gasteiger partial charge in [-0.25, -0.2) is 9.97 Å². The fourth-order valence-electron chi connectivity index (χ4n) is 3.21. The second kappa shape index (κ2) is 7.96. The summed E-state index contributed by atoms with van der Waals surface area (Å²) in [6, 6.07) is 9.72. The molecule has 0 radical (unpaired) electrons. The molecular weight excluding hydrogens is 326 g/mol. The monoisotopic (exact) mass is 349 g/mol. The number of hydrogen-bond donors (Lipinski definition) is 1. The molecule has 0 spiro atoms. The summed E-state index contributed by atoms with van der Waals surface area (Å²) in [5.74, 6) is 0.981. The maximum Gasteiger partial charge on any atom is 0.159 e. The standard InChI is InChI=1S/C20H23N5O/c1-3-17-11-20(23-13-22-17)25-8-6-18(7-9-25)24-19-10-15(14(2)26)4-5-16(19)12-21/h4-5,10-11,13,18,24H,3,6-9H2,1-2H3. The van der Waals surface area contributed by atoms with Crippen molar-refractivity contribution in [1.82, 2.24) is 9.97 Å². The first kappa shape index (κ1) is 17.9. The van der Waals surface area contributed by atoms with Gasteiger partial charge in [-0.05, 0) is 44.4 Å². The van der Waals surface area contributed by atoms with Gasteiger partial charge in [-0.2, -0.15) is 5.26 Å². The zero-order chi connectivity index (χ0) is 18.5. The molecule has 2 heterocycles. The van der Waals surface area contributed by atoms with Gasteiger partial charge in [0.15, 0.2) is 5.78 Å². The van der Waals surface area contributed by atoms with Crippen LogP contribution in [-0.4, -0.2) is 34.9 Å². The van der Waals surface area contributed by atoms with Crippen molar-refractivity contribution in [3.8, 4) is 6.07 Å². The van der Waals surface area contributed by atoms with Gasteiger partial charge in [-0.15, -0.1) is 0 Å². The minimum Gasteiger partial charge on any atom is -0.381 e. The predicted octanol–water partition coefficient (Wildman–Crippen LogP) is 3.19. The van der Waals surface area contributed by atoms with Crippen LogP contribution in [-0.2, 0) is 6.42 Å². The van der Waals surface area contributed by atoms with E-state index < -0.39 is 0 Å². The van der Waals surface area contributed by atoms with E-state index >= 15 is 0 Å². The summed E-state index contributed by atoms with van der Waals surface area (Å²) in [5.41, 5.74) is 2.99. The Morgan fingerprint density at radius 2 is 2.08 bits per heavy atom. The number of carbonyl (C=O) groups is 1. The van der Waals surface area contributed by atoms with Crippen LogP contribution in [0.5, 0.6) is 0 Å². The number of piperidine rings is 1. The molecule has 26 heavy (non-hydrogen) atoms. The van der Waals surface area contributed by atoms with Crippen molar-refractivity contribution < 1.29 is 4.79 Å². The van der Waals surface area contributed by atoms with Crippen molar-refractivity contribution in [2.24, 2.45) is 0 Å². The van der Waals surface area contributed by atoms with E-state index in [2.05, 4.69) is 39.2 Å². The van der Waals surface area contributed by atoms with E-state index in [1.54, 1.807) is 24.5 Å². The molecule has 0 unspecified atom stereocenters. The van der Waals surface area contributed by atoms with Gasteiger partial charge in [0.2, 0.25) is 0 Å². The number of rotatable bonds is 5. The van der Waals surface area contributed by atoms with E-state index in [-0.39, 0.29) is 11.8 Å². The average Bonchev–Trinajstić information content (AvgIpc) is 2.68. The first-order valence-electron chi connectivity index (χ1n) is 8.98. The molecule has 6 heteroatoms. The van der Waals surface area contributed by atoms with Crippen molar-refractivity contribution >= 4 is 17.3 Å². The number of nitrogens with zero attached hydrogens (tertiary/aromatic N) is 4. The largest absolute Gasteiger partial charge is 0.381 e. The summed E-state index contributed by atoms with van der Waals surface area (Å²) in [5, 5.41) is 12.8. The first-order valence-corrected chi connectivity index (χ1v) is 8.98. The molecule has 3 rings (SSSR count). The number of hydrogen-bond acceptors (Lipinski definition) is 6. The number of ketones is 1. The van der Waals surface area contributed by atoms with Gasteiger partial charge in [0.1, 0.15) is 18.2 Å². The summed E-state index contributed by atoms with van der Waals surface area (Å²) >= 11 is 0. The van der Waals surface area contributed by atoms with Crippen LogP contribution >= 0.6 is 0 Å². The lowest BCUT2D eigenvalue weighted by atomic mass is 10.0. The topological polar surface area (TPSA) is 81.9 Å². The fourth-order valence-corrected chi connectivity index (χ4v) is 3.21. The van der Waals surface area contributed by atoms with Crippen LogP contribution in [0.4, 0.5) is 11.5 Å². The van der Waals surface area contributed by atoms with Gasteiger partial charge in [-0.1, -0.05) is 6.92 Å². The lowest BCUT2D eigenvalue weighted by Crippen LogP contribution is -2.39. The van der Waals surface area contributed by atoms with Crippen LogP contribution in [0.1, 0.15) is 48.3 Å². The van der Waals surface area contributed by atoms with Gasteiger partial charge >= 0.3 is 0 Å². The second-order valence-corrected chi connectivity index (χ2v) is 6.56. The zero-order valence-electron chi connectivity index (χ0n) is 15.2. The molecule has 0 aliphatic carbocycles. The molecule has 0 bridgehead atoms. The maximum absolute atomic E-state index is 11.6. The van der Waals surface area contributed by atoms with E-state index in [9.17, 15) is 10.1 Å². The molecule has 1 saturated heterocycles. The predicted molar refractivity (Wildman–Crippen MR) is 101 cm³/mol. The molecule has 0 atom stereocenters. The van der Waals surface area contributed by atoms with E-state index in [0.29, 0.717) is 11.1 Å². The second-order valence-electron chi connectivity index (χ2n) is 6.56. The van der Waals surface area contributed by atoms with Crippen LogP contribution in [0.2, 0.25) is 0 Å². The number of benzene rings is 1. The Kier molecular flexibility index (Phi) is 5.47. The van der Waals surface area contributed by atoms with Gasteiger partial charge in [0.25, 0.3) is 0 Å². The highest BCUT2D eigenvalue weighted by molar-refractivity contribution is 5.95. The third kappa shape index (κ3) is 3.99. The molecule has 2 aromatic rings. The molecule has 1 fully saturated rings. The molecule has 1 aromatic carbocycles. The Balaban J connectivity index is 1.66. The summed E-state index contributed by atoms with van der Waals surface area (Å²) in [6.07, 6.45) is 4.42. The number of aromatic nitrogens is 2. The molecule has 134 valence electrons. The molecule has 0 saturated carbocycles. The summed E-state index contributed by atoms with van der Waals surface area (Å²) < 4.78 is 0. The van der Waals surface area contributed by atoms with E-state index in [0.717, 1.165) is 49.6 Å². The van der Waals surface area contributed by atoms with E-state index in [1.165, 1.54) is 6.92 Å². The number of Topliss-reactive ketones (excluding diaryl/α,β-unsaturated/α-hetero) is 1. The highest BCUT2D eigenvalue weighted by atomic mass is 16.1. The Hall–Kier alpha value is -2.94. The smallest absolute Gasteiger partial charge is 0.159 e. The highest BCUT2D eigenvalue weighted by Crippen LogP contribution is 2.24. The molecule has 1 aliphatic rings. The van der Waals surface area contributed by atoms with Crippen molar-refractivity contribution in [2.75, 3.05) is 23.3 Å². The third-order valence-corrected chi connectivity index (χ3v) is 4.80. The quantitative estimate of drug-likeness (QED) is 0.835. The molecule has 6 nitrogen and oxygen atoms in total. The van der Waals surface area contributed by atoms with Crippen LogP contribution in [0.25, 0.3) is 0 Å². The fraction of sp³-hybridized carbons (Fsp3) is 0.400. The molecule has 1 aliphatic heterocycles. The molecule has 1 aromatic heterocycles. The van der Waals surface area contributed by atoms with E-state index in [4.69, 9.17) is 0 Å². The van der Waals surface area contributed by atoms with Crippen LogP contribution in [0.3, 0.4) is 0 Å². The highest BCUT2D eigenvalue weighted by Gasteiger charge is 2.21. The molecule has 0 amide bonds. The number of anilines is 2. The van der Waals surface area contributed by atoms with Crippen LogP contribution < -0.4 is 10.2 Å². The van der Waals surface area contributed by atoms with Crippen molar-refractivity contribution in [1.29, 1.82) is 5.26 Å². The lowest BCUT2D eigenvalue weighted by molar-refractivity contribution is 0.101. The summed E-state index contributed by atoms with van der Waals surface area (Å²) in [4.78, 5) is 22.5. The Morgan fingerprint density at radius 1 is 1.31 bits per heavy atom. The number of carbonyl (C=O) groups excluding carboxylic acids is 1. The van der Waals surface area contributed by atoms with Crippen LogP contribution in [0.15, 0.2) is 30.6 Å². The average molecular weight is 349 g/mol. The van der Waals surface area contributed by atoms with Gasteiger partial charge in [-0.3, -0.25) is 4.79 Å². The van der Waals surface area contributed by atoms with Crippen molar-refractivity contribution in [2.45, 2.75) is 39.2 Å². The molecular formula is C20H23N5O. The zero-order valence-corrected chi connectivity index (χ0v) is 15.2. The maximum atomic E-state index is 11.6. The minimum absolute atomic E-state index is 0.00264. The Morgan fingerprint density at radius 3 is 2.73 bits per heavy atom. The Bertz CT molecular complexity index is 834. The van der Waals surface area contributed by atoms with E-state index in [1.807, 2.05) is 0 Å². The summed E-state index contributed by atoms with van der Waals surface area (Å²) in [7, 11) is 0. The Labute approximate surface area is 153 Å².